The quantitative estimate of drug-likeness (QED) is 0.816. The molecule has 1 aliphatic rings. The molecule has 0 saturated heterocycles. The van der Waals surface area contributed by atoms with Gasteiger partial charge in [-0.2, -0.15) is 0 Å². The third kappa shape index (κ3) is 3.15. The summed E-state index contributed by atoms with van der Waals surface area (Å²) in [6.45, 7) is 11.6. The van der Waals surface area contributed by atoms with Gasteiger partial charge in [0.2, 0.25) is 5.91 Å². The van der Waals surface area contributed by atoms with Crippen LogP contribution < -0.4 is 5.32 Å². The number of carbonyl (C=O) groups is 1. The Labute approximate surface area is 138 Å². The number of amides is 1. The number of fused-ring (bicyclic) bond motifs is 1. The minimum atomic E-state index is -0.109. The molecule has 0 bridgehead atoms. The fourth-order valence-electron chi connectivity index (χ4n) is 3.17. The third-order valence-corrected chi connectivity index (χ3v) is 5.11. The van der Waals surface area contributed by atoms with Crippen LogP contribution in [0.3, 0.4) is 0 Å². The van der Waals surface area contributed by atoms with E-state index in [1.54, 1.807) is 0 Å². The van der Waals surface area contributed by atoms with Crippen LogP contribution >= 0.6 is 0 Å². The fraction of sp³-hybridized carbons (Fsp3) is 0.550. The van der Waals surface area contributed by atoms with Crippen molar-refractivity contribution >= 4 is 16.8 Å². The molecular weight excluding hydrogens is 284 g/mol. The molecule has 0 atom stereocenters. The molecule has 0 radical (unpaired) electrons. The van der Waals surface area contributed by atoms with E-state index in [4.69, 9.17) is 0 Å². The Morgan fingerprint density at radius 3 is 2.30 bits per heavy atom. The van der Waals surface area contributed by atoms with Gasteiger partial charge in [-0.05, 0) is 54.0 Å². The fourth-order valence-corrected chi connectivity index (χ4v) is 3.17. The number of H-pyrrole nitrogens is 1. The van der Waals surface area contributed by atoms with Crippen molar-refractivity contribution in [3.63, 3.8) is 0 Å². The normalized spacial score (nSPS) is 16.3. The summed E-state index contributed by atoms with van der Waals surface area (Å²) in [6.07, 6.45) is 2.03. The Hall–Kier alpha value is -1.77. The Balaban J connectivity index is 1.85. The Bertz CT molecular complexity index is 690. The van der Waals surface area contributed by atoms with Gasteiger partial charge >= 0.3 is 0 Å². The minimum Gasteiger partial charge on any atom is -0.357 e. The van der Waals surface area contributed by atoms with E-state index in [9.17, 15) is 4.79 Å². The van der Waals surface area contributed by atoms with Crippen LogP contribution in [0, 0.1) is 5.41 Å². The average Bonchev–Trinajstić information content (AvgIpc) is 3.11. The van der Waals surface area contributed by atoms with E-state index in [1.165, 1.54) is 22.0 Å². The molecule has 2 aromatic rings. The molecule has 0 unspecified atom stereocenters. The first-order valence-electron chi connectivity index (χ1n) is 8.74. The lowest BCUT2D eigenvalue weighted by Gasteiger charge is -2.16. The van der Waals surface area contributed by atoms with Gasteiger partial charge in [0.05, 0.1) is 6.54 Å². The molecule has 1 aromatic heterocycles. The monoisotopic (exact) mass is 312 g/mol. The van der Waals surface area contributed by atoms with Gasteiger partial charge in [0.25, 0.3) is 0 Å². The third-order valence-electron chi connectivity index (χ3n) is 5.11. The summed E-state index contributed by atoms with van der Waals surface area (Å²) in [6, 6.07) is 6.75. The van der Waals surface area contributed by atoms with E-state index in [0.29, 0.717) is 18.4 Å². The van der Waals surface area contributed by atoms with Crippen molar-refractivity contribution < 1.29 is 4.79 Å². The highest BCUT2D eigenvalue weighted by Gasteiger charge is 2.44. The molecular formula is C20H28N2O. The van der Waals surface area contributed by atoms with Crippen LogP contribution in [0.1, 0.15) is 76.1 Å². The van der Waals surface area contributed by atoms with E-state index in [2.05, 4.69) is 56.2 Å². The van der Waals surface area contributed by atoms with Gasteiger partial charge in [-0.1, -0.05) is 34.6 Å². The summed E-state index contributed by atoms with van der Waals surface area (Å²) in [5.41, 5.74) is 4.97. The zero-order valence-electron chi connectivity index (χ0n) is 14.9. The van der Waals surface area contributed by atoms with Gasteiger partial charge in [-0.25, -0.2) is 0 Å². The predicted molar refractivity (Wildman–Crippen MR) is 95.7 cm³/mol. The number of benzene rings is 1. The van der Waals surface area contributed by atoms with E-state index in [-0.39, 0.29) is 11.3 Å². The first kappa shape index (κ1) is 16.1. The molecule has 2 N–H and O–H groups in total. The van der Waals surface area contributed by atoms with Crippen molar-refractivity contribution in [3.05, 3.63) is 35.0 Å². The van der Waals surface area contributed by atoms with Crippen LogP contribution in [-0.4, -0.2) is 10.9 Å². The molecule has 1 aliphatic carbocycles. The number of aromatic amines is 1. The van der Waals surface area contributed by atoms with Crippen LogP contribution in [0.5, 0.6) is 0 Å². The molecule has 3 rings (SSSR count). The van der Waals surface area contributed by atoms with Crippen molar-refractivity contribution in [1.82, 2.24) is 10.3 Å². The van der Waals surface area contributed by atoms with Crippen molar-refractivity contribution in [2.75, 3.05) is 0 Å². The second-order valence-electron chi connectivity index (χ2n) is 7.92. The SMILES string of the molecule is CC(C)c1cc2cc(CNC(=O)C3(C)CC3)[nH]c2cc1C(C)C. The van der Waals surface area contributed by atoms with E-state index >= 15 is 0 Å². The van der Waals surface area contributed by atoms with Gasteiger partial charge in [-0.15, -0.1) is 0 Å². The molecule has 1 heterocycles. The first-order valence-corrected chi connectivity index (χ1v) is 8.74. The van der Waals surface area contributed by atoms with Gasteiger partial charge in [-0.3, -0.25) is 4.79 Å². The number of rotatable bonds is 5. The van der Waals surface area contributed by atoms with Gasteiger partial charge in [0.15, 0.2) is 0 Å². The summed E-state index contributed by atoms with van der Waals surface area (Å²) in [4.78, 5) is 15.5. The lowest BCUT2D eigenvalue weighted by molar-refractivity contribution is -0.125. The standard InChI is InChI=1S/C20H28N2O/c1-12(2)16-9-14-8-15(11-21-19(23)20(5)6-7-20)22-18(14)10-17(16)13(3)4/h8-10,12-13,22H,6-7,11H2,1-5H3,(H,21,23). The van der Waals surface area contributed by atoms with Crippen LogP contribution in [0.2, 0.25) is 0 Å². The van der Waals surface area contributed by atoms with Gasteiger partial charge in [0.1, 0.15) is 0 Å². The number of carbonyl (C=O) groups excluding carboxylic acids is 1. The molecule has 1 saturated carbocycles. The zero-order valence-corrected chi connectivity index (χ0v) is 14.9. The molecule has 1 amide bonds. The average molecular weight is 312 g/mol. The van der Waals surface area contributed by atoms with Gasteiger partial charge < -0.3 is 10.3 Å². The number of aromatic nitrogens is 1. The highest BCUT2D eigenvalue weighted by molar-refractivity contribution is 5.85. The molecule has 1 fully saturated rings. The molecule has 0 spiro atoms. The van der Waals surface area contributed by atoms with Crippen molar-refractivity contribution in [3.8, 4) is 0 Å². The van der Waals surface area contributed by atoms with Crippen molar-refractivity contribution in [2.45, 2.75) is 65.8 Å². The summed E-state index contributed by atoms with van der Waals surface area (Å²) in [7, 11) is 0. The maximum Gasteiger partial charge on any atom is 0.226 e. The maximum absolute atomic E-state index is 12.1. The molecule has 23 heavy (non-hydrogen) atoms. The second-order valence-corrected chi connectivity index (χ2v) is 7.92. The summed E-state index contributed by atoms with van der Waals surface area (Å²) < 4.78 is 0. The number of nitrogens with one attached hydrogen (secondary N) is 2. The summed E-state index contributed by atoms with van der Waals surface area (Å²) in [5.74, 6) is 1.21. The molecule has 3 heteroatoms. The molecule has 124 valence electrons. The highest BCUT2D eigenvalue weighted by Crippen LogP contribution is 2.45. The Kier molecular flexibility index (Phi) is 3.99. The largest absolute Gasteiger partial charge is 0.357 e. The summed E-state index contributed by atoms with van der Waals surface area (Å²) >= 11 is 0. The van der Waals surface area contributed by atoms with Crippen LogP contribution in [0.15, 0.2) is 18.2 Å². The molecule has 1 aromatic carbocycles. The van der Waals surface area contributed by atoms with Crippen LogP contribution in [0.25, 0.3) is 10.9 Å². The second kappa shape index (κ2) is 5.70. The van der Waals surface area contributed by atoms with Crippen molar-refractivity contribution in [2.24, 2.45) is 5.41 Å². The van der Waals surface area contributed by atoms with E-state index in [1.807, 2.05) is 6.92 Å². The number of hydrogen-bond donors (Lipinski definition) is 2. The smallest absolute Gasteiger partial charge is 0.226 e. The van der Waals surface area contributed by atoms with E-state index < -0.39 is 0 Å². The maximum atomic E-state index is 12.1. The van der Waals surface area contributed by atoms with E-state index in [0.717, 1.165) is 18.5 Å². The predicted octanol–water partition coefficient (Wildman–Crippen LogP) is 4.83. The summed E-state index contributed by atoms with van der Waals surface area (Å²) in [5, 5.41) is 4.30. The number of hydrogen-bond acceptors (Lipinski definition) is 1. The Morgan fingerprint density at radius 1 is 1.13 bits per heavy atom. The topological polar surface area (TPSA) is 44.9 Å². The lowest BCUT2D eigenvalue weighted by Crippen LogP contribution is -2.29. The molecule has 0 aliphatic heterocycles. The lowest BCUT2D eigenvalue weighted by atomic mass is 9.89. The Morgan fingerprint density at radius 2 is 1.74 bits per heavy atom. The van der Waals surface area contributed by atoms with Crippen LogP contribution in [0.4, 0.5) is 0 Å². The van der Waals surface area contributed by atoms with Crippen LogP contribution in [-0.2, 0) is 11.3 Å². The first-order chi connectivity index (χ1) is 10.8. The zero-order chi connectivity index (χ0) is 16.8. The highest BCUT2D eigenvalue weighted by atomic mass is 16.2. The van der Waals surface area contributed by atoms with Gasteiger partial charge in [0, 0.05) is 22.0 Å². The van der Waals surface area contributed by atoms with Crippen molar-refractivity contribution in [1.29, 1.82) is 0 Å². The molecule has 3 nitrogen and oxygen atoms in total. The minimum absolute atomic E-state index is 0.109.